The van der Waals surface area contributed by atoms with E-state index in [2.05, 4.69) is 5.32 Å². The van der Waals surface area contributed by atoms with Gasteiger partial charge < -0.3 is 5.32 Å². The molecule has 0 aliphatic carbocycles. The molecule has 2 aromatic rings. The van der Waals surface area contributed by atoms with Crippen LogP contribution in [0.25, 0.3) is 6.08 Å². The van der Waals surface area contributed by atoms with E-state index in [-0.39, 0.29) is 17.3 Å². The SMILES string of the molecule is O=C(CN1C(=O)S/C(=C\c2ccc(F)cc2)C1=O)NCc1ccccc1. The first-order chi connectivity index (χ1) is 12.5. The monoisotopic (exact) mass is 370 g/mol. The molecule has 0 aromatic heterocycles. The summed E-state index contributed by atoms with van der Waals surface area (Å²) in [6.45, 7) is -0.0143. The Morgan fingerprint density at radius 1 is 1.08 bits per heavy atom. The Hall–Kier alpha value is -2.93. The first kappa shape index (κ1) is 17.9. The molecule has 0 bridgehead atoms. The van der Waals surface area contributed by atoms with Crippen molar-refractivity contribution in [2.75, 3.05) is 6.54 Å². The maximum Gasteiger partial charge on any atom is 0.294 e. The van der Waals surface area contributed by atoms with Crippen LogP contribution < -0.4 is 5.32 Å². The van der Waals surface area contributed by atoms with E-state index >= 15 is 0 Å². The lowest BCUT2D eigenvalue weighted by atomic mass is 10.2. The van der Waals surface area contributed by atoms with Crippen LogP contribution in [0.4, 0.5) is 9.18 Å². The molecule has 0 spiro atoms. The van der Waals surface area contributed by atoms with E-state index in [1.54, 1.807) is 0 Å². The molecule has 1 fully saturated rings. The highest BCUT2D eigenvalue weighted by atomic mass is 32.2. The summed E-state index contributed by atoms with van der Waals surface area (Å²) in [4.78, 5) is 37.5. The third kappa shape index (κ3) is 4.37. The Bertz CT molecular complexity index is 866. The predicted molar refractivity (Wildman–Crippen MR) is 97.4 cm³/mol. The van der Waals surface area contributed by atoms with Crippen molar-refractivity contribution in [2.45, 2.75) is 6.54 Å². The zero-order valence-electron chi connectivity index (χ0n) is 13.6. The number of carbonyl (C=O) groups excluding carboxylic acids is 3. The van der Waals surface area contributed by atoms with E-state index in [1.165, 1.54) is 30.3 Å². The van der Waals surface area contributed by atoms with Gasteiger partial charge in [-0.05, 0) is 41.1 Å². The van der Waals surface area contributed by atoms with Crippen molar-refractivity contribution in [1.29, 1.82) is 0 Å². The van der Waals surface area contributed by atoms with Gasteiger partial charge in [-0.2, -0.15) is 0 Å². The lowest BCUT2D eigenvalue weighted by Gasteiger charge is -2.12. The van der Waals surface area contributed by atoms with Gasteiger partial charge in [-0.15, -0.1) is 0 Å². The number of thioether (sulfide) groups is 1. The second-order valence-corrected chi connectivity index (χ2v) is 6.57. The predicted octanol–water partition coefficient (Wildman–Crippen LogP) is 3.18. The van der Waals surface area contributed by atoms with Crippen LogP contribution in [0.2, 0.25) is 0 Å². The molecule has 2 aromatic carbocycles. The van der Waals surface area contributed by atoms with Crippen LogP contribution in [-0.2, 0) is 16.1 Å². The van der Waals surface area contributed by atoms with Gasteiger partial charge in [-0.25, -0.2) is 4.39 Å². The summed E-state index contributed by atoms with van der Waals surface area (Å²) in [6, 6.07) is 14.9. The highest BCUT2D eigenvalue weighted by molar-refractivity contribution is 8.18. The van der Waals surface area contributed by atoms with Crippen LogP contribution in [0.1, 0.15) is 11.1 Å². The number of hydrogen-bond donors (Lipinski definition) is 1. The van der Waals surface area contributed by atoms with Gasteiger partial charge in [0.25, 0.3) is 11.1 Å². The normalized spacial score (nSPS) is 15.6. The molecule has 1 heterocycles. The number of rotatable bonds is 5. The van der Waals surface area contributed by atoms with E-state index in [9.17, 15) is 18.8 Å². The number of benzene rings is 2. The maximum atomic E-state index is 12.9. The van der Waals surface area contributed by atoms with Crippen LogP contribution in [0.3, 0.4) is 0 Å². The average Bonchev–Trinajstić information content (AvgIpc) is 2.90. The van der Waals surface area contributed by atoms with E-state index in [0.29, 0.717) is 12.1 Å². The quantitative estimate of drug-likeness (QED) is 0.821. The molecular formula is C19H15FN2O3S. The van der Waals surface area contributed by atoms with Crippen molar-refractivity contribution in [3.8, 4) is 0 Å². The number of imide groups is 1. The van der Waals surface area contributed by atoms with Crippen molar-refractivity contribution < 1.29 is 18.8 Å². The Morgan fingerprint density at radius 2 is 1.77 bits per heavy atom. The molecule has 1 N–H and O–H groups in total. The fraction of sp³-hybridized carbons (Fsp3) is 0.105. The number of hydrogen-bond acceptors (Lipinski definition) is 4. The second-order valence-electron chi connectivity index (χ2n) is 5.58. The molecule has 0 radical (unpaired) electrons. The van der Waals surface area contributed by atoms with Crippen molar-refractivity contribution in [3.05, 3.63) is 76.4 Å². The molecule has 3 rings (SSSR count). The molecular weight excluding hydrogens is 355 g/mol. The molecule has 3 amide bonds. The summed E-state index contributed by atoms with van der Waals surface area (Å²) in [7, 11) is 0. The molecule has 132 valence electrons. The lowest BCUT2D eigenvalue weighted by Crippen LogP contribution is -2.39. The summed E-state index contributed by atoms with van der Waals surface area (Å²) >= 11 is 0.762. The Morgan fingerprint density at radius 3 is 2.46 bits per heavy atom. The van der Waals surface area contributed by atoms with Crippen molar-refractivity contribution in [3.63, 3.8) is 0 Å². The third-order valence-corrected chi connectivity index (χ3v) is 4.58. The molecule has 0 unspecified atom stereocenters. The minimum Gasteiger partial charge on any atom is -0.350 e. The highest BCUT2D eigenvalue weighted by Gasteiger charge is 2.36. The second kappa shape index (κ2) is 7.97. The lowest BCUT2D eigenvalue weighted by molar-refractivity contribution is -0.129. The molecule has 7 heteroatoms. The minimum absolute atomic E-state index is 0.206. The van der Waals surface area contributed by atoms with Crippen LogP contribution in [0.15, 0.2) is 59.5 Å². The van der Waals surface area contributed by atoms with E-state index in [4.69, 9.17) is 0 Å². The fourth-order valence-electron chi connectivity index (χ4n) is 2.34. The fourth-order valence-corrected chi connectivity index (χ4v) is 3.18. The largest absolute Gasteiger partial charge is 0.350 e. The summed E-state index contributed by atoms with van der Waals surface area (Å²) in [5.41, 5.74) is 1.52. The smallest absolute Gasteiger partial charge is 0.294 e. The van der Waals surface area contributed by atoms with E-state index in [0.717, 1.165) is 22.2 Å². The van der Waals surface area contributed by atoms with Crippen LogP contribution in [0.5, 0.6) is 0 Å². The number of amides is 3. The van der Waals surface area contributed by atoms with Crippen LogP contribution in [-0.4, -0.2) is 28.5 Å². The van der Waals surface area contributed by atoms with E-state index < -0.39 is 17.1 Å². The molecule has 1 saturated heterocycles. The molecule has 5 nitrogen and oxygen atoms in total. The van der Waals surface area contributed by atoms with Crippen molar-refractivity contribution >= 4 is 34.9 Å². The minimum atomic E-state index is -0.529. The van der Waals surface area contributed by atoms with Gasteiger partial charge in [0.2, 0.25) is 5.91 Å². The first-order valence-electron chi connectivity index (χ1n) is 7.84. The maximum absolute atomic E-state index is 12.9. The molecule has 0 saturated carbocycles. The zero-order chi connectivity index (χ0) is 18.5. The zero-order valence-corrected chi connectivity index (χ0v) is 14.5. The van der Waals surface area contributed by atoms with Crippen molar-refractivity contribution in [1.82, 2.24) is 10.2 Å². The van der Waals surface area contributed by atoms with Gasteiger partial charge in [0.05, 0.1) is 4.91 Å². The van der Waals surface area contributed by atoms with Crippen LogP contribution in [0, 0.1) is 5.82 Å². The summed E-state index contributed by atoms with van der Waals surface area (Å²) in [5, 5.41) is 2.18. The summed E-state index contributed by atoms with van der Waals surface area (Å²) in [5.74, 6) is -1.33. The van der Waals surface area contributed by atoms with Gasteiger partial charge in [-0.1, -0.05) is 42.5 Å². The number of carbonyl (C=O) groups is 3. The van der Waals surface area contributed by atoms with Crippen molar-refractivity contribution in [2.24, 2.45) is 0 Å². The molecule has 0 atom stereocenters. The average molecular weight is 370 g/mol. The van der Waals surface area contributed by atoms with Gasteiger partial charge >= 0.3 is 0 Å². The van der Waals surface area contributed by atoms with E-state index in [1.807, 2.05) is 30.3 Å². The highest BCUT2D eigenvalue weighted by Crippen LogP contribution is 2.31. The number of nitrogens with one attached hydrogen (secondary N) is 1. The first-order valence-corrected chi connectivity index (χ1v) is 8.66. The molecule has 1 aliphatic rings. The standard InChI is InChI=1S/C19H15FN2O3S/c20-15-8-6-13(7-9-15)10-16-18(24)22(19(25)26-16)12-17(23)21-11-14-4-2-1-3-5-14/h1-10H,11-12H2,(H,21,23)/b16-10-. The molecule has 1 aliphatic heterocycles. The van der Waals surface area contributed by atoms with Gasteiger partial charge in [-0.3, -0.25) is 19.3 Å². The number of halogens is 1. The third-order valence-electron chi connectivity index (χ3n) is 3.68. The Labute approximate surface area is 153 Å². The Balaban J connectivity index is 1.61. The topological polar surface area (TPSA) is 66.5 Å². The number of nitrogens with zero attached hydrogens (tertiary/aromatic N) is 1. The van der Waals surface area contributed by atoms with Gasteiger partial charge in [0, 0.05) is 6.54 Å². The van der Waals surface area contributed by atoms with Crippen LogP contribution >= 0.6 is 11.8 Å². The molecule has 26 heavy (non-hydrogen) atoms. The van der Waals surface area contributed by atoms with Gasteiger partial charge in [0.15, 0.2) is 0 Å². The Kier molecular flexibility index (Phi) is 5.48. The van der Waals surface area contributed by atoms with Gasteiger partial charge in [0.1, 0.15) is 12.4 Å². The summed E-state index contributed by atoms with van der Waals surface area (Å²) in [6.07, 6.45) is 1.51. The summed E-state index contributed by atoms with van der Waals surface area (Å²) < 4.78 is 12.9.